The van der Waals surface area contributed by atoms with E-state index >= 15 is 0 Å². The van der Waals surface area contributed by atoms with Gasteiger partial charge in [-0.15, -0.1) is 0 Å². The summed E-state index contributed by atoms with van der Waals surface area (Å²) < 4.78 is 0. The number of aliphatic hydroxyl groups is 1. The second-order valence-electron chi connectivity index (χ2n) is 1.99. The summed E-state index contributed by atoms with van der Waals surface area (Å²) in [4.78, 5) is 0. The third kappa shape index (κ3) is 3.53. The molecule has 0 saturated heterocycles. The van der Waals surface area contributed by atoms with Crippen LogP contribution in [-0.2, 0) is 0 Å². The topological polar surface area (TPSA) is 44.1 Å². The number of nitrogens with one attached hydrogen (secondary N) is 1. The molecule has 0 spiro atoms. The van der Waals surface area contributed by atoms with E-state index in [1.807, 2.05) is 30.3 Å². The second-order valence-corrected chi connectivity index (χ2v) is 1.99. The van der Waals surface area contributed by atoms with Crippen molar-refractivity contribution >= 4 is 5.71 Å². The standard InChI is InChI=1S/C8H9N.CH4O/c1-7(9)8-5-3-2-4-6-8;1-2/h2-6,9H,1H3;2H,1H3. The molecular formula is C9H13NO. The quantitative estimate of drug-likeness (QED) is 0.589. The Morgan fingerprint density at radius 3 is 1.91 bits per heavy atom. The minimum absolute atomic E-state index is 0.621. The molecule has 0 aliphatic rings. The first-order valence-electron chi connectivity index (χ1n) is 3.36. The molecule has 1 aromatic rings. The summed E-state index contributed by atoms with van der Waals surface area (Å²) in [6.07, 6.45) is 0. The lowest BCUT2D eigenvalue weighted by Gasteiger charge is -1.92. The fraction of sp³-hybridized carbons (Fsp3) is 0.222. The molecule has 0 bridgehead atoms. The van der Waals surface area contributed by atoms with Gasteiger partial charge in [0, 0.05) is 12.8 Å². The molecule has 0 heterocycles. The largest absolute Gasteiger partial charge is 0.400 e. The predicted molar refractivity (Wildman–Crippen MR) is 47.1 cm³/mol. The third-order valence-corrected chi connectivity index (χ3v) is 1.21. The SMILES string of the molecule is CC(=N)c1ccccc1.CO. The number of rotatable bonds is 1. The number of benzene rings is 1. The first-order chi connectivity index (χ1) is 5.30. The van der Waals surface area contributed by atoms with Crippen molar-refractivity contribution in [3.63, 3.8) is 0 Å². The molecule has 0 radical (unpaired) electrons. The summed E-state index contributed by atoms with van der Waals surface area (Å²) in [7, 11) is 1.00. The van der Waals surface area contributed by atoms with Crippen molar-refractivity contribution in [1.29, 1.82) is 5.41 Å². The molecule has 1 rings (SSSR count). The van der Waals surface area contributed by atoms with E-state index in [-0.39, 0.29) is 0 Å². The van der Waals surface area contributed by atoms with Gasteiger partial charge in [0.2, 0.25) is 0 Å². The molecule has 0 atom stereocenters. The number of aliphatic hydroxyl groups excluding tert-OH is 1. The van der Waals surface area contributed by atoms with Gasteiger partial charge in [0.1, 0.15) is 0 Å². The van der Waals surface area contributed by atoms with Gasteiger partial charge in [0.15, 0.2) is 0 Å². The van der Waals surface area contributed by atoms with Gasteiger partial charge in [-0.2, -0.15) is 0 Å². The van der Waals surface area contributed by atoms with Gasteiger partial charge in [-0.3, -0.25) is 0 Å². The van der Waals surface area contributed by atoms with Gasteiger partial charge in [-0.05, 0) is 12.5 Å². The smallest absolute Gasteiger partial charge is 0.0355 e. The fourth-order valence-electron chi connectivity index (χ4n) is 0.688. The van der Waals surface area contributed by atoms with Crippen LogP contribution in [0.1, 0.15) is 12.5 Å². The van der Waals surface area contributed by atoms with Crippen molar-refractivity contribution in [1.82, 2.24) is 0 Å². The van der Waals surface area contributed by atoms with E-state index in [1.165, 1.54) is 0 Å². The summed E-state index contributed by atoms with van der Waals surface area (Å²) in [5, 5.41) is 14.2. The Balaban J connectivity index is 0.000000461. The van der Waals surface area contributed by atoms with Crippen LogP contribution in [0.3, 0.4) is 0 Å². The van der Waals surface area contributed by atoms with Crippen molar-refractivity contribution in [2.45, 2.75) is 6.92 Å². The summed E-state index contributed by atoms with van der Waals surface area (Å²) >= 11 is 0. The lowest BCUT2D eigenvalue weighted by molar-refractivity contribution is 0.399. The van der Waals surface area contributed by atoms with Crippen LogP contribution >= 0.6 is 0 Å². The van der Waals surface area contributed by atoms with E-state index in [0.717, 1.165) is 12.7 Å². The third-order valence-electron chi connectivity index (χ3n) is 1.21. The van der Waals surface area contributed by atoms with Crippen molar-refractivity contribution in [2.24, 2.45) is 0 Å². The molecule has 1 aromatic carbocycles. The summed E-state index contributed by atoms with van der Waals surface area (Å²) in [6, 6.07) is 9.69. The van der Waals surface area contributed by atoms with Crippen molar-refractivity contribution in [3.8, 4) is 0 Å². The van der Waals surface area contributed by atoms with E-state index in [4.69, 9.17) is 10.5 Å². The Hall–Kier alpha value is -1.15. The van der Waals surface area contributed by atoms with Gasteiger partial charge in [-0.1, -0.05) is 30.3 Å². The highest BCUT2D eigenvalue weighted by molar-refractivity contribution is 5.96. The summed E-state index contributed by atoms with van der Waals surface area (Å²) in [5.74, 6) is 0. The average molecular weight is 151 g/mol. The first-order valence-corrected chi connectivity index (χ1v) is 3.36. The van der Waals surface area contributed by atoms with Gasteiger partial charge < -0.3 is 10.5 Å². The Bertz CT molecular complexity index is 206. The molecule has 0 aliphatic carbocycles. The highest BCUT2D eigenvalue weighted by Crippen LogP contribution is 1.97. The molecule has 2 N–H and O–H groups in total. The second kappa shape index (κ2) is 5.62. The normalized spacial score (nSPS) is 7.91. The first kappa shape index (κ1) is 9.85. The van der Waals surface area contributed by atoms with Crippen LogP contribution in [0.25, 0.3) is 0 Å². The molecular weight excluding hydrogens is 138 g/mol. The molecule has 0 aliphatic heterocycles. The lowest BCUT2D eigenvalue weighted by atomic mass is 10.1. The molecule has 2 heteroatoms. The highest BCUT2D eigenvalue weighted by atomic mass is 16.2. The van der Waals surface area contributed by atoms with Crippen LogP contribution in [0.4, 0.5) is 0 Å². The summed E-state index contributed by atoms with van der Waals surface area (Å²) in [5.41, 5.74) is 1.62. The number of hydrogen-bond acceptors (Lipinski definition) is 2. The Kier molecular flexibility index (Phi) is 5.03. The Morgan fingerprint density at radius 1 is 1.18 bits per heavy atom. The van der Waals surface area contributed by atoms with Gasteiger partial charge in [0.05, 0.1) is 0 Å². The molecule has 2 nitrogen and oxygen atoms in total. The van der Waals surface area contributed by atoms with Crippen LogP contribution in [0.15, 0.2) is 30.3 Å². The molecule has 60 valence electrons. The maximum absolute atomic E-state index is 7.24. The van der Waals surface area contributed by atoms with Crippen LogP contribution < -0.4 is 0 Å². The molecule has 0 fully saturated rings. The van der Waals surface area contributed by atoms with Gasteiger partial charge in [-0.25, -0.2) is 0 Å². The molecule has 11 heavy (non-hydrogen) atoms. The van der Waals surface area contributed by atoms with Crippen LogP contribution in [0.2, 0.25) is 0 Å². The molecule has 0 unspecified atom stereocenters. The van der Waals surface area contributed by atoms with E-state index in [0.29, 0.717) is 5.71 Å². The molecule has 0 aromatic heterocycles. The zero-order chi connectivity index (χ0) is 8.69. The fourth-order valence-corrected chi connectivity index (χ4v) is 0.688. The van der Waals surface area contributed by atoms with Crippen molar-refractivity contribution in [2.75, 3.05) is 7.11 Å². The monoisotopic (exact) mass is 151 g/mol. The zero-order valence-corrected chi connectivity index (χ0v) is 6.83. The van der Waals surface area contributed by atoms with Crippen molar-refractivity contribution < 1.29 is 5.11 Å². The number of hydrogen-bond donors (Lipinski definition) is 2. The van der Waals surface area contributed by atoms with Crippen molar-refractivity contribution in [3.05, 3.63) is 35.9 Å². The zero-order valence-electron chi connectivity index (χ0n) is 6.83. The molecule has 0 saturated carbocycles. The minimum Gasteiger partial charge on any atom is -0.400 e. The maximum Gasteiger partial charge on any atom is 0.0355 e. The molecule has 0 amide bonds. The lowest BCUT2D eigenvalue weighted by Crippen LogP contribution is -1.88. The van der Waals surface area contributed by atoms with E-state index < -0.39 is 0 Å². The van der Waals surface area contributed by atoms with E-state index in [2.05, 4.69) is 0 Å². The Morgan fingerprint density at radius 2 is 1.64 bits per heavy atom. The Labute approximate surface area is 67.0 Å². The van der Waals surface area contributed by atoms with E-state index in [1.54, 1.807) is 6.92 Å². The highest BCUT2D eigenvalue weighted by Gasteiger charge is 1.88. The van der Waals surface area contributed by atoms with Crippen LogP contribution in [0, 0.1) is 5.41 Å². The van der Waals surface area contributed by atoms with Gasteiger partial charge >= 0.3 is 0 Å². The minimum atomic E-state index is 0.621. The van der Waals surface area contributed by atoms with Crippen LogP contribution in [0.5, 0.6) is 0 Å². The predicted octanol–water partition coefficient (Wildman–Crippen LogP) is 1.68. The summed E-state index contributed by atoms with van der Waals surface area (Å²) in [6.45, 7) is 1.79. The maximum atomic E-state index is 7.24. The van der Waals surface area contributed by atoms with Crippen LogP contribution in [-0.4, -0.2) is 17.9 Å². The van der Waals surface area contributed by atoms with E-state index in [9.17, 15) is 0 Å². The van der Waals surface area contributed by atoms with Gasteiger partial charge in [0.25, 0.3) is 0 Å². The average Bonchev–Trinajstić information content (AvgIpc) is 2.10.